The van der Waals surface area contributed by atoms with Gasteiger partial charge in [0.25, 0.3) is 10.1 Å². The fraction of sp³-hybridized carbons (Fsp3) is 0.100. The van der Waals surface area contributed by atoms with Gasteiger partial charge in [-0.2, -0.15) is 8.42 Å². The van der Waals surface area contributed by atoms with E-state index in [0.717, 1.165) is 0 Å². The zero-order valence-electron chi connectivity index (χ0n) is 8.82. The van der Waals surface area contributed by atoms with Crippen molar-refractivity contribution in [3.8, 4) is 0 Å². The molecule has 6 heteroatoms. The van der Waals surface area contributed by atoms with Gasteiger partial charge in [-0.15, -0.1) is 0 Å². The third-order valence-electron chi connectivity index (χ3n) is 1.07. The Morgan fingerprint density at radius 3 is 1.56 bits per heavy atom. The molecule has 1 heterocycles. The van der Waals surface area contributed by atoms with Crippen LogP contribution in [0.25, 0.3) is 0 Å². The number of nitrogens with zero attached hydrogens (tertiary/aromatic N) is 1. The summed E-state index contributed by atoms with van der Waals surface area (Å²) in [6, 6.07) is 12.0. The van der Waals surface area contributed by atoms with Crippen LogP contribution in [0.5, 0.6) is 0 Å². The van der Waals surface area contributed by atoms with Crippen molar-refractivity contribution in [2.75, 3.05) is 6.26 Å². The lowest BCUT2D eigenvalue weighted by atomic mass is 10.4. The van der Waals surface area contributed by atoms with Gasteiger partial charge in [0.05, 0.1) is 12.6 Å². The molecule has 0 atom stereocenters. The first kappa shape index (κ1) is 14.3. The van der Waals surface area contributed by atoms with E-state index in [-0.39, 0.29) is 0 Å². The molecule has 5 nitrogen and oxygen atoms in total. The fourth-order valence-corrected chi connectivity index (χ4v) is 0.600. The van der Waals surface area contributed by atoms with Crippen LogP contribution in [-0.2, 0) is 10.1 Å². The van der Waals surface area contributed by atoms with E-state index in [1.54, 1.807) is 18.7 Å². The quantitative estimate of drug-likeness (QED) is 0.687. The first-order valence-electron chi connectivity index (χ1n) is 4.35. The molecule has 0 radical (unpaired) electrons. The van der Waals surface area contributed by atoms with Crippen molar-refractivity contribution in [3.05, 3.63) is 55.1 Å². The Kier molecular flexibility index (Phi) is 7.74. The number of rotatable bonds is 0. The van der Waals surface area contributed by atoms with E-state index in [9.17, 15) is 8.42 Å². The summed E-state index contributed by atoms with van der Waals surface area (Å²) in [5.41, 5.74) is 0. The molecule has 1 aromatic carbocycles. The maximum atomic E-state index is 9.19. The minimum Gasteiger partial charge on any atom is -0.351 e. The predicted octanol–water partition coefficient (Wildman–Crippen LogP) is 1.60. The van der Waals surface area contributed by atoms with Gasteiger partial charge in [-0.05, 0) is 0 Å². The van der Waals surface area contributed by atoms with Gasteiger partial charge in [-0.3, -0.25) is 4.55 Å². The zero-order chi connectivity index (χ0) is 12.3. The highest BCUT2D eigenvalue weighted by atomic mass is 32.2. The number of aromatic nitrogens is 2. The van der Waals surface area contributed by atoms with Crippen LogP contribution in [0.4, 0.5) is 0 Å². The summed E-state index contributed by atoms with van der Waals surface area (Å²) in [5, 5.41) is 0. The molecule has 0 aliphatic rings. The molecule has 16 heavy (non-hydrogen) atoms. The Balaban J connectivity index is 0.000000213. The van der Waals surface area contributed by atoms with E-state index in [1.165, 1.54) is 0 Å². The Bertz CT molecular complexity index is 374. The van der Waals surface area contributed by atoms with Crippen molar-refractivity contribution < 1.29 is 13.0 Å². The van der Waals surface area contributed by atoms with Gasteiger partial charge in [-0.1, -0.05) is 36.4 Å². The molecule has 88 valence electrons. The Morgan fingerprint density at radius 2 is 1.44 bits per heavy atom. The van der Waals surface area contributed by atoms with Crippen molar-refractivity contribution in [1.82, 2.24) is 9.97 Å². The van der Waals surface area contributed by atoms with E-state index in [2.05, 4.69) is 9.97 Å². The highest BCUT2D eigenvalue weighted by molar-refractivity contribution is 7.85. The van der Waals surface area contributed by atoms with Gasteiger partial charge >= 0.3 is 0 Å². The Hall–Kier alpha value is -1.66. The maximum Gasteiger partial charge on any atom is 0.261 e. The van der Waals surface area contributed by atoms with Crippen molar-refractivity contribution in [2.45, 2.75) is 0 Å². The highest BCUT2D eigenvalue weighted by Crippen LogP contribution is 1.79. The molecule has 1 aromatic heterocycles. The summed E-state index contributed by atoms with van der Waals surface area (Å²) in [4.78, 5) is 6.42. The number of hydrogen-bond acceptors (Lipinski definition) is 3. The van der Waals surface area contributed by atoms with Crippen molar-refractivity contribution >= 4 is 10.1 Å². The second-order valence-electron chi connectivity index (χ2n) is 2.65. The van der Waals surface area contributed by atoms with Crippen LogP contribution in [0, 0.1) is 0 Å². The van der Waals surface area contributed by atoms with Crippen LogP contribution in [0.2, 0.25) is 0 Å². The van der Waals surface area contributed by atoms with Gasteiger partial charge in [0.15, 0.2) is 0 Å². The SMILES string of the molecule is CS(=O)(=O)O.c1c[nH]cn1.c1ccccc1. The fourth-order valence-electron chi connectivity index (χ4n) is 0.600. The number of benzene rings is 1. The van der Waals surface area contributed by atoms with Crippen LogP contribution in [0.3, 0.4) is 0 Å². The highest BCUT2D eigenvalue weighted by Gasteiger charge is 1.81. The lowest BCUT2D eigenvalue weighted by Gasteiger charge is -1.69. The van der Waals surface area contributed by atoms with E-state index in [1.807, 2.05) is 36.4 Å². The van der Waals surface area contributed by atoms with Gasteiger partial charge in [0, 0.05) is 12.4 Å². The molecule has 2 rings (SSSR count). The molecule has 0 fully saturated rings. The zero-order valence-corrected chi connectivity index (χ0v) is 9.63. The third kappa shape index (κ3) is 18.2. The Morgan fingerprint density at radius 1 is 1.06 bits per heavy atom. The average molecular weight is 242 g/mol. The Labute approximate surface area is 94.9 Å². The second kappa shape index (κ2) is 8.63. The minimum atomic E-state index is -3.67. The molecule has 2 N–H and O–H groups in total. The van der Waals surface area contributed by atoms with Crippen molar-refractivity contribution in [1.29, 1.82) is 0 Å². The van der Waals surface area contributed by atoms with Crippen LogP contribution < -0.4 is 0 Å². The van der Waals surface area contributed by atoms with Gasteiger partial charge < -0.3 is 4.98 Å². The van der Waals surface area contributed by atoms with Gasteiger partial charge in [0.2, 0.25) is 0 Å². The normalized spacial score (nSPS) is 9.12. The van der Waals surface area contributed by atoms with Crippen molar-refractivity contribution in [2.24, 2.45) is 0 Å². The van der Waals surface area contributed by atoms with Crippen molar-refractivity contribution in [3.63, 3.8) is 0 Å². The number of hydrogen-bond donors (Lipinski definition) is 2. The molecule has 0 unspecified atom stereocenters. The molecule has 0 bridgehead atoms. The lowest BCUT2D eigenvalue weighted by Crippen LogP contribution is -1.88. The first-order chi connectivity index (χ1) is 7.50. The maximum absolute atomic E-state index is 9.19. The number of aromatic amines is 1. The summed E-state index contributed by atoms with van der Waals surface area (Å²) in [6.07, 6.45) is 5.80. The molecular weight excluding hydrogens is 228 g/mol. The molecular formula is C10H14N2O3S. The van der Waals surface area contributed by atoms with E-state index < -0.39 is 10.1 Å². The van der Waals surface area contributed by atoms with E-state index in [4.69, 9.17) is 4.55 Å². The summed E-state index contributed by atoms with van der Waals surface area (Å²) < 4.78 is 25.9. The number of imidazole rings is 1. The van der Waals surface area contributed by atoms with Crippen LogP contribution >= 0.6 is 0 Å². The predicted molar refractivity (Wildman–Crippen MR) is 62.5 cm³/mol. The summed E-state index contributed by atoms with van der Waals surface area (Å²) in [5.74, 6) is 0. The standard InChI is InChI=1S/C6H6.C3H4N2.CH4O3S/c1-2-4-6-5-3-1;1-2-5-3-4-1;1-5(2,3)4/h1-6H;1-3H,(H,4,5);1H3,(H,2,3,4). The lowest BCUT2D eigenvalue weighted by molar-refractivity contribution is 0.490. The van der Waals surface area contributed by atoms with Crippen LogP contribution in [0.15, 0.2) is 55.1 Å². The second-order valence-corrected chi connectivity index (χ2v) is 4.11. The molecule has 0 saturated carbocycles. The molecule has 0 saturated heterocycles. The van der Waals surface area contributed by atoms with Gasteiger partial charge in [-0.25, -0.2) is 4.98 Å². The molecule has 0 amide bonds. The number of H-pyrrole nitrogens is 1. The summed E-state index contributed by atoms with van der Waals surface area (Å²) in [7, 11) is -3.67. The molecule has 0 aliphatic heterocycles. The van der Waals surface area contributed by atoms with Crippen LogP contribution in [0.1, 0.15) is 0 Å². The smallest absolute Gasteiger partial charge is 0.261 e. The van der Waals surface area contributed by atoms with Gasteiger partial charge in [0.1, 0.15) is 0 Å². The summed E-state index contributed by atoms with van der Waals surface area (Å²) in [6.45, 7) is 0. The summed E-state index contributed by atoms with van der Waals surface area (Å²) >= 11 is 0. The number of nitrogens with one attached hydrogen (secondary N) is 1. The topological polar surface area (TPSA) is 83.0 Å². The monoisotopic (exact) mass is 242 g/mol. The average Bonchev–Trinajstić information content (AvgIpc) is 2.75. The largest absolute Gasteiger partial charge is 0.351 e. The third-order valence-corrected chi connectivity index (χ3v) is 1.07. The van der Waals surface area contributed by atoms with E-state index in [0.29, 0.717) is 6.26 Å². The molecule has 0 aliphatic carbocycles. The van der Waals surface area contributed by atoms with Crippen LogP contribution in [-0.4, -0.2) is 29.2 Å². The molecule has 2 aromatic rings. The minimum absolute atomic E-state index is 0.715. The van der Waals surface area contributed by atoms with E-state index >= 15 is 0 Å². The molecule has 0 spiro atoms. The first-order valence-corrected chi connectivity index (χ1v) is 6.20.